The Hall–Kier alpha value is -2.43. The van der Waals surface area contributed by atoms with Crippen molar-refractivity contribution >= 4 is 5.97 Å². The van der Waals surface area contributed by atoms with Gasteiger partial charge in [-0.05, 0) is 43.5 Å². The number of rotatable bonds is 3. The molecule has 2 heterocycles. The average Bonchev–Trinajstić information content (AvgIpc) is 2.33. The van der Waals surface area contributed by atoms with Crippen molar-refractivity contribution in [2.45, 2.75) is 27.3 Å². The SMILES string of the molecule is Cc1cncc(Cn2c(C)cc(C)c(C(=O)O)c2=O)c1. The molecular weight excluding hydrogens is 256 g/mol. The van der Waals surface area contributed by atoms with Gasteiger partial charge in [-0.3, -0.25) is 9.78 Å². The van der Waals surface area contributed by atoms with E-state index in [2.05, 4.69) is 4.98 Å². The molecule has 0 saturated carbocycles. The molecule has 0 amide bonds. The lowest BCUT2D eigenvalue weighted by molar-refractivity contribution is 0.0693. The molecule has 1 N–H and O–H groups in total. The zero-order valence-corrected chi connectivity index (χ0v) is 11.7. The van der Waals surface area contributed by atoms with E-state index in [-0.39, 0.29) is 5.56 Å². The Balaban J connectivity index is 2.55. The maximum absolute atomic E-state index is 12.3. The number of hydrogen-bond donors (Lipinski definition) is 1. The van der Waals surface area contributed by atoms with Gasteiger partial charge in [0.15, 0.2) is 0 Å². The first-order valence-corrected chi connectivity index (χ1v) is 6.25. The number of carboxylic acids is 1. The van der Waals surface area contributed by atoms with Gasteiger partial charge in [-0.2, -0.15) is 0 Å². The second kappa shape index (κ2) is 5.28. The summed E-state index contributed by atoms with van der Waals surface area (Å²) in [6.45, 7) is 5.67. The van der Waals surface area contributed by atoms with Crippen LogP contribution in [0.2, 0.25) is 0 Å². The van der Waals surface area contributed by atoms with Crippen LogP contribution in [0.5, 0.6) is 0 Å². The molecule has 0 spiro atoms. The first-order chi connectivity index (χ1) is 9.40. The predicted molar refractivity (Wildman–Crippen MR) is 75.2 cm³/mol. The van der Waals surface area contributed by atoms with Crippen LogP contribution in [-0.4, -0.2) is 20.6 Å². The van der Waals surface area contributed by atoms with Gasteiger partial charge in [-0.1, -0.05) is 6.07 Å². The van der Waals surface area contributed by atoms with Crippen LogP contribution in [-0.2, 0) is 6.54 Å². The number of nitrogens with zero attached hydrogens (tertiary/aromatic N) is 2. The molecule has 0 saturated heterocycles. The largest absolute Gasteiger partial charge is 0.477 e. The zero-order valence-electron chi connectivity index (χ0n) is 11.7. The van der Waals surface area contributed by atoms with Crippen LogP contribution >= 0.6 is 0 Å². The highest BCUT2D eigenvalue weighted by molar-refractivity contribution is 5.88. The van der Waals surface area contributed by atoms with Gasteiger partial charge in [0.2, 0.25) is 0 Å². The third-order valence-electron chi connectivity index (χ3n) is 3.19. The van der Waals surface area contributed by atoms with Crippen molar-refractivity contribution in [3.8, 4) is 0 Å². The predicted octanol–water partition coefficient (Wildman–Crippen LogP) is 1.92. The smallest absolute Gasteiger partial charge is 0.341 e. The van der Waals surface area contributed by atoms with Gasteiger partial charge in [0.25, 0.3) is 5.56 Å². The van der Waals surface area contributed by atoms with E-state index < -0.39 is 11.5 Å². The number of aromatic nitrogens is 2. The quantitative estimate of drug-likeness (QED) is 0.926. The summed E-state index contributed by atoms with van der Waals surface area (Å²) in [6, 6.07) is 3.65. The summed E-state index contributed by atoms with van der Waals surface area (Å²) in [5, 5.41) is 9.15. The van der Waals surface area contributed by atoms with Gasteiger partial charge >= 0.3 is 5.97 Å². The Kier molecular flexibility index (Phi) is 3.70. The first-order valence-electron chi connectivity index (χ1n) is 6.25. The molecule has 0 atom stereocenters. The Labute approximate surface area is 116 Å². The average molecular weight is 272 g/mol. The Morgan fingerprint density at radius 2 is 1.95 bits per heavy atom. The fourth-order valence-corrected chi connectivity index (χ4v) is 2.27. The highest BCUT2D eigenvalue weighted by atomic mass is 16.4. The molecule has 0 unspecified atom stereocenters. The standard InChI is InChI=1S/C15H16N2O3/c1-9-4-12(7-16-6-9)8-17-11(3)5-10(2)13(14(17)18)15(19)20/h4-7H,8H2,1-3H3,(H,19,20). The summed E-state index contributed by atoms with van der Waals surface area (Å²) in [5.74, 6) is -1.19. The molecule has 20 heavy (non-hydrogen) atoms. The monoisotopic (exact) mass is 272 g/mol. The van der Waals surface area contributed by atoms with Gasteiger partial charge in [-0.15, -0.1) is 0 Å². The lowest BCUT2D eigenvalue weighted by atomic mass is 10.1. The zero-order chi connectivity index (χ0) is 14.9. The third kappa shape index (κ3) is 2.61. The molecule has 5 heteroatoms. The van der Waals surface area contributed by atoms with Gasteiger partial charge < -0.3 is 9.67 Å². The summed E-state index contributed by atoms with van der Waals surface area (Å²) in [5.41, 5.74) is 2.44. The molecule has 0 aliphatic heterocycles. The molecule has 2 aromatic rings. The van der Waals surface area contributed by atoms with E-state index in [1.54, 1.807) is 32.3 Å². The van der Waals surface area contributed by atoms with Crippen LogP contribution in [0.4, 0.5) is 0 Å². The minimum absolute atomic E-state index is 0.170. The highest BCUT2D eigenvalue weighted by Crippen LogP contribution is 2.09. The van der Waals surface area contributed by atoms with Gasteiger partial charge in [0.1, 0.15) is 5.56 Å². The van der Waals surface area contributed by atoms with Gasteiger partial charge in [0, 0.05) is 18.1 Å². The fourth-order valence-electron chi connectivity index (χ4n) is 2.27. The fraction of sp³-hybridized carbons (Fsp3) is 0.267. The van der Waals surface area contributed by atoms with Crippen LogP contribution < -0.4 is 5.56 Å². The number of pyridine rings is 2. The lowest BCUT2D eigenvalue weighted by Crippen LogP contribution is -2.29. The molecule has 0 aliphatic carbocycles. The maximum Gasteiger partial charge on any atom is 0.341 e. The number of hydrogen-bond acceptors (Lipinski definition) is 3. The van der Waals surface area contributed by atoms with E-state index in [0.29, 0.717) is 12.1 Å². The molecule has 2 aromatic heterocycles. The molecule has 0 aromatic carbocycles. The number of carboxylic acid groups (broad SMARTS) is 1. The number of aromatic carboxylic acids is 1. The Bertz CT molecular complexity index is 732. The van der Waals surface area contributed by atoms with Crippen molar-refractivity contribution < 1.29 is 9.90 Å². The van der Waals surface area contributed by atoms with Crippen molar-refractivity contribution in [2.75, 3.05) is 0 Å². The number of carbonyl (C=O) groups is 1. The second-order valence-electron chi connectivity index (χ2n) is 4.91. The molecule has 0 radical (unpaired) electrons. The van der Waals surface area contributed by atoms with E-state index in [9.17, 15) is 9.59 Å². The van der Waals surface area contributed by atoms with Crippen molar-refractivity contribution in [1.82, 2.24) is 9.55 Å². The van der Waals surface area contributed by atoms with Crippen LogP contribution in [0.15, 0.2) is 29.3 Å². The Morgan fingerprint density at radius 1 is 1.25 bits per heavy atom. The van der Waals surface area contributed by atoms with Crippen molar-refractivity contribution in [1.29, 1.82) is 0 Å². The van der Waals surface area contributed by atoms with Gasteiger partial charge in [0.05, 0.1) is 6.54 Å². The first kappa shape index (κ1) is 14.0. The summed E-state index contributed by atoms with van der Waals surface area (Å²) in [6.07, 6.45) is 3.41. The third-order valence-corrected chi connectivity index (χ3v) is 3.19. The highest BCUT2D eigenvalue weighted by Gasteiger charge is 2.16. The summed E-state index contributed by atoms with van der Waals surface area (Å²) in [4.78, 5) is 27.6. The molecule has 0 bridgehead atoms. The lowest BCUT2D eigenvalue weighted by Gasteiger charge is -2.13. The van der Waals surface area contributed by atoms with Crippen LogP contribution in [0.3, 0.4) is 0 Å². The number of aryl methyl sites for hydroxylation is 3. The minimum Gasteiger partial charge on any atom is -0.477 e. The molecular formula is C15H16N2O3. The van der Waals surface area contributed by atoms with E-state index in [1.807, 2.05) is 13.0 Å². The Morgan fingerprint density at radius 3 is 2.55 bits per heavy atom. The van der Waals surface area contributed by atoms with E-state index in [4.69, 9.17) is 5.11 Å². The van der Waals surface area contributed by atoms with Crippen molar-refractivity contribution in [3.63, 3.8) is 0 Å². The molecule has 104 valence electrons. The van der Waals surface area contributed by atoms with Crippen LogP contribution in [0, 0.1) is 20.8 Å². The van der Waals surface area contributed by atoms with Crippen molar-refractivity contribution in [2.24, 2.45) is 0 Å². The van der Waals surface area contributed by atoms with E-state index >= 15 is 0 Å². The molecule has 0 aliphatic rings. The molecule has 0 fully saturated rings. The summed E-state index contributed by atoms with van der Waals surface area (Å²) in [7, 11) is 0. The summed E-state index contributed by atoms with van der Waals surface area (Å²) >= 11 is 0. The summed E-state index contributed by atoms with van der Waals surface area (Å²) < 4.78 is 1.47. The van der Waals surface area contributed by atoms with Crippen LogP contribution in [0.25, 0.3) is 0 Å². The van der Waals surface area contributed by atoms with Gasteiger partial charge in [-0.25, -0.2) is 4.79 Å². The minimum atomic E-state index is -1.19. The topological polar surface area (TPSA) is 72.2 Å². The van der Waals surface area contributed by atoms with E-state index in [0.717, 1.165) is 16.8 Å². The maximum atomic E-state index is 12.3. The second-order valence-corrected chi connectivity index (χ2v) is 4.91. The van der Waals surface area contributed by atoms with Crippen molar-refractivity contribution in [3.05, 3.63) is 62.8 Å². The normalized spacial score (nSPS) is 10.6. The molecule has 2 rings (SSSR count). The van der Waals surface area contributed by atoms with E-state index in [1.165, 1.54) is 4.57 Å². The van der Waals surface area contributed by atoms with Crippen LogP contribution in [0.1, 0.15) is 32.7 Å². The molecule has 5 nitrogen and oxygen atoms in total.